The first-order chi connectivity index (χ1) is 12.0. The highest BCUT2D eigenvalue weighted by atomic mass is 35.5. The Morgan fingerprint density at radius 3 is 2.88 bits per heavy atom. The molecule has 0 aliphatic carbocycles. The predicted octanol–water partition coefficient (Wildman–Crippen LogP) is 3.39. The number of aromatic nitrogens is 1. The Morgan fingerprint density at radius 2 is 2.20 bits per heavy atom. The fourth-order valence-electron chi connectivity index (χ4n) is 2.91. The fourth-order valence-corrected chi connectivity index (χ4v) is 3.96. The second-order valence-corrected chi connectivity index (χ2v) is 7.97. The van der Waals surface area contributed by atoms with Gasteiger partial charge in [-0.25, -0.2) is 4.98 Å². The van der Waals surface area contributed by atoms with E-state index in [0.717, 1.165) is 27.4 Å². The number of hydrogen-bond donors (Lipinski definition) is 2. The quantitative estimate of drug-likeness (QED) is 0.834. The van der Waals surface area contributed by atoms with Crippen molar-refractivity contribution in [3.8, 4) is 0 Å². The Hall–Kier alpha value is -1.47. The van der Waals surface area contributed by atoms with Crippen molar-refractivity contribution in [3.05, 3.63) is 45.4 Å². The van der Waals surface area contributed by atoms with E-state index in [1.165, 1.54) is 11.3 Å². The van der Waals surface area contributed by atoms with Crippen LogP contribution in [0.25, 0.3) is 0 Å². The molecule has 1 saturated heterocycles. The molecule has 0 radical (unpaired) electrons. The van der Waals surface area contributed by atoms with E-state index in [1.807, 2.05) is 19.1 Å². The molecule has 0 unspecified atom stereocenters. The smallest absolute Gasteiger partial charge is 0.233 e. The number of aryl methyl sites for hydroxylation is 1. The largest absolute Gasteiger partial charge is 0.381 e. The number of ether oxygens (including phenoxy) is 1. The molecule has 3 N–H and O–H groups in total. The van der Waals surface area contributed by atoms with Crippen molar-refractivity contribution in [1.82, 2.24) is 4.98 Å². The summed E-state index contributed by atoms with van der Waals surface area (Å²) in [5.41, 5.74) is 7.52. The summed E-state index contributed by atoms with van der Waals surface area (Å²) in [6.45, 7) is 3.45. The number of benzene rings is 1. The number of hydrogen-bond acceptors (Lipinski definition) is 5. The van der Waals surface area contributed by atoms with Gasteiger partial charge in [-0.1, -0.05) is 23.7 Å². The van der Waals surface area contributed by atoms with Gasteiger partial charge in [-0.2, -0.15) is 0 Å². The number of amides is 1. The third kappa shape index (κ3) is 4.20. The third-order valence-electron chi connectivity index (χ3n) is 4.71. The van der Waals surface area contributed by atoms with Crippen molar-refractivity contribution in [2.75, 3.05) is 25.1 Å². The Labute approximate surface area is 156 Å². The summed E-state index contributed by atoms with van der Waals surface area (Å²) >= 11 is 7.66. The average Bonchev–Trinajstić information content (AvgIpc) is 3.05. The van der Waals surface area contributed by atoms with Crippen LogP contribution in [-0.2, 0) is 16.0 Å². The van der Waals surface area contributed by atoms with Crippen LogP contribution in [0, 0.1) is 12.3 Å². The molecule has 1 aromatic carbocycles. The van der Waals surface area contributed by atoms with Gasteiger partial charge in [0.15, 0.2) is 5.13 Å². The van der Waals surface area contributed by atoms with Crippen LogP contribution in [0.15, 0.2) is 24.4 Å². The lowest BCUT2D eigenvalue weighted by Gasteiger charge is -2.34. The van der Waals surface area contributed by atoms with Crippen molar-refractivity contribution >= 4 is 34.0 Å². The molecule has 2 heterocycles. The maximum atomic E-state index is 12.7. The number of nitrogens with zero attached hydrogens (tertiary/aromatic N) is 1. The number of carbonyl (C=O) groups is 1. The molecule has 1 amide bonds. The van der Waals surface area contributed by atoms with Crippen molar-refractivity contribution < 1.29 is 9.53 Å². The van der Waals surface area contributed by atoms with Gasteiger partial charge in [0.25, 0.3) is 0 Å². The highest BCUT2D eigenvalue weighted by molar-refractivity contribution is 7.15. The summed E-state index contributed by atoms with van der Waals surface area (Å²) in [6, 6.07) is 6.04. The van der Waals surface area contributed by atoms with E-state index in [-0.39, 0.29) is 5.91 Å². The van der Waals surface area contributed by atoms with Crippen molar-refractivity contribution in [2.24, 2.45) is 11.1 Å². The van der Waals surface area contributed by atoms with Gasteiger partial charge in [-0.05, 0) is 37.0 Å². The number of carbonyl (C=O) groups excluding carboxylic acids is 1. The third-order valence-corrected chi connectivity index (χ3v) is 6.03. The lowest BCUT2D eigenvalue weighted by molar-refractivity contribution is -0.130. The van der Waals surface area contributed by atoms with Gasteiger partial charge >= 0.3 is 0 Å². The Balaban J connectivity index is 1.66. The van der Waals surface area contributed by atoms with Gasteiger partial charge in [0, 0.05) is 42.3 Å². The monoisotopic (exact) mass is 379 g/mol. The van der Waals surface area contributed by atoms with Gasteiger partial charge < -0.3 is 15.8 Å². The van der Waals surface area contributed by atoms with E-state index in [9.17, 15) is 4.79 Å². The van der Waals surface area contributed by atoms with E-state index in [2.05, 4.69) is 16.4 Å². The molecule has 0 bridgehead atoms. The number of halogens is 1. The van der Waals surface area contributed by atoms with E-state index >= 15 is 0 Å². The van der Waals surface area contributed by atoms with Crippen LogP contribution in [0.2, 0.25) is 5.02 Å². The summed E-state index contributed by atoms with van der Waals surface area (Å²) in [6.07, 6.45) is 3.83. The minimum atomic E-state index is -0.547. The van der Waals surface area contributed by atoms with E-state index in [0.29, 0.717) is 37.7 Å². The minimum Gasteiger partial charge on any atom is -0.381 e. The molecule has 0 saturated carbocycles. The van der Waals surface area contributed by atoms with Crippen LogP contribution in [0.4, 0.5) is 5.13 Å². The molecule has 5 nitrogen and oxygen atoms in total. The van der Waals surface area contributed by atoms with Crippen LogP contribution in [0.3, 0.4) is 0 Å². The summed E-state index contributed by atoms with van der Waals surface area (Å²) in [7, 11) is 0. The molecule has 7 heteroatoms. The summed E-state index contributed by atoms with van der Waals surface area (Å²) in [4.78, 5) is 18.1. The minimum absolute atomic E-state index is 0.0578. The maximum absolute atomic E-state index is 12.7. The standard InChI is InChI=1S/C18H22ClN3O2S/c1-12-2-3-13(9-15(12)19)8-14-10-21-17(25-14)22-16(23)18(11-20)4-6-24-7-5-18/h2-3,9-10H,4-8,11,20H2,1H3,(H,21,22,23). The van der Waals surface area contributed by atoms with Crippen LogP contribution in [-0.4, -0.2) is 30.6 Å². The molecule has 1 aromatic heterocycles. The number of thiazole rings is 1. The highest BCUT2D eigenvalue weighted by Crippen LogP contribution is 2.32. The Morgan fingerprint density at radius 1 is 1.44 bits per heavy atom. The normalized spacial score (nSPS) is 16.6. The van der Waals surface area contributed by atoms with Crippen molar-refractivity contribution in [3.63, 3.8) is 0 Å². The lowest BCUT2D eigenvalue weighted by atomic mass is 9.79. The second kappa shape index (κ2) is 7.83. The van der Waals surface area contributed by atoms with Gasteiger partial charge in [-0.3, -0.25) is 4.79 Å². The van der Waals surface area contributed by atoms with Gasteiger partial charge in [0.2, 0.25) is 5.91 Å². The molecule has 0 atom stereocenters. The summed E-state index contributed by atoms with van der Waals surface area (Å²) < 4.78 is 5.36. The zero-order valence-corrected chi connectivity index (χ0v) is 15.8. The zero-order valence-electron chi connectivity index (χ0n) is 14.2. The molecule has 25 heavy (non-hydrogen) atoms. The van der Waals surface area contributed by atoms with Crippen LogP contribution in [0.1, 0.15) is 28.8 Å². The first kappa shape index (κ1) is 18.3. The molecule has 3 rings (SSSR count). The van der Waals surface area contributed by atoms with Crippen LogP contribution >= 0.6 is 22.9 Å². The van der Waals surface area contributed by atoms with Gasteiger partial charge in [0.1, 0.15) is 0 Å². The first-order valence-electron chi connectivity index (χ1n) is 8.31. The van der Waals surface area contributed by atoms with Crippen LogP contribution in [0.5, 0.6) is 0 Å². The van der Waals surface area contributed by atoms with Crippen LogP contribution < -0.4 is 11.1 Å². The number of nitrogens with one attached hydrogen (secondary N) is 1. The zero-order chi connectivity index (χ0) is 17.9. The van der Waals surface area contributed by atoms with E-state index in [4.69, 9.17) is 22.1 Å². The SMILES string of the molecule is Cc1ccc(Cc2cnc(NC(=O)C3(CN)CCOCC3)s2)cc1Cl. The first-order valence-corrected chi connectivity index (χ1v) is 9.51. The molecule has 0 spiro atoms. The molecular formula is C18H22ClN3O2S. The average molecular weight is 380 g/mol. The Bertz CT molecular complexity index is 757. The Kier molecular flexibility index (Phi) is 5.74. The van der Waals surface area contributed by atoms with Crippen molar-refractivity contribution in [1.29, 1.82) is 0 Å². The topological polar surface area (TPSA) is 77.2 Å². The molecular weight excluding hydrogens is 358 g/mol. The highest BCUT2D eigenvalue weighted by Gasteiger charge is 2.39. The number of anilines is 1. The molecule has 2 aromatic rings. The molecule has 1 fully saturated rings. The number of rotatable bonds is 5. The maximum Gasteiger partial charge on any atom is 0.233 e. The summed E-state index contributed by atoms with van der Waals surface area (Å²) in [5, 5.41) is 4.31. The van der Waals surface area contributed by atoms with E-state index < -0.39 is 5.41 Å². The van der Waals surface area contributed by atoms with Gasteiger partial charge in [-0.15, -0.1) is 11.3 Å². The fraction of sp³-hybridized carbons (Fsp3) is 0.444. The van der Waals surface area contributed by atoms with Gasteiger partial charge in [0.05, 0.1) is 5.41 Å². The number of nitrogens with two attached hydrogens (primary N) is 1. The molecule has 1 aliphatic heterocycles. The van der Waals surface area contributed by atoms with Crippen molar-refractivity contribution in [2.45, 2.75) is 26.2 Å². The molecule has 134 valence electrons. The predicted molar refractivity (Wildman–Crippen MR) is 101 cm³/mol. The second-order valence-electron chi connectivity index (χ2n) is 6.44. The summed E-state index contributed by atoms with van der Waals surface area (Å²) in [5.74, 6) is -0.0578. The molecule has 1 aliphatic rings. The van der Waals surface area contributed by atoms with E-state index in [1.54, 1.807) is 6.20 Å². The lowest BCUT2D eigenvalue weighted by Crippen LogP contribution is -2.46.